The molecule has 0 amide bonds. The molecule has 0 aliphatic carbocycles. The molecule has 2 aliphatic heterocycles. The topological polar surface area (TPSA) is 18.5 Å². The van der Waals surface area contributed by atoms with E-state index in [9.17, 15) is 0 Å². The van der Waals surface area contributed by atoms with Crippen LogP contribution in [0, 0.1) is 5.92 Å². The minimum absolute atomic E-state index is 0.601. The van der Waals surface area contributed by atoms with Crippen LogP contribution in [-0.4, -0.2) is 60.6 Å². The van der Waals surface area contributed by atoms with Crippen molar-refractivity contribution in [3.05, 3.63) is 0 Å². The fourth-order valence-corrected chi connectivity index (χ4v) is 3.67. The fraction of sp³-hybridized carbons (Fsp3) is 1.00. The highest BCUT2D eigenvalue weighted by Crippen LogP contribution is 2.23. The molecule has 0 aromatic heterocycles. The van der Waals surface area contributed by atoms with Gasteiger partial charge in [0.2, 0.25) is 0 Å². The van der Waals surface area contributed by atoms with Gasteiger partial charge >= 0.3 is 0 Å². The van der Waals surface area contributed by atoms with Crippen molar-refractivity contribution in [3.63, 3.8) is 0 Å². The lowest BCUT2D eigenvalue weighted by Gasteiger charge is -2.34. The molecule has 3 unspecified atom stereocenters. The molecule has 0 aromatic carbocycles. The first-order chi connectivity index (χ1) is 9.58. The van der Waals surface area contributed by atoms with Crippen LogP contribution in [0.4, 0.5) is 0 Å². The SMILES string of the molecule is CC(C)NCC(C)C(C)N1CCC(N2CCCCC2)C1. The predicted octanol–water partition coefficient (Wildman–Crippen LogP) is 2.57. The largest absolute Gasteiger partial charge is 0.314 e. The van der Waals surface area contributed by atoms with E-state index in [-0.39, 0.29) is 0 Å². The van der Waals surface area contributed by atoms with Crippen molar-refractivity contribution in [3.8, 4) is 0 Å². The molecule has 2 saturated heterocycles. The van der Waals surface area contributed by atoms with E-state index in [1.54, 1.807) is 0 Å². The normalized spacial score (nSPS) is 28.9. The predicted molar refractivity (Wildman–Crippen MR) is 87.2 cm³/mol. The Bertz CT molecular complexity index is 273. The van der Waals surface area contributed by atoms with Crippen LogP contribution < -0.4 is 5.32 Å². The monoisotopic (exact) mass is 281 g/mol. The molecule has 2 heterocycles. The second kappa shape index (κ2) is 7.77. The Morgan fingerprint density at radius 2 is 1.70 bits per heavy atom. The second-order valence-electron chi connectivity index (χ2n) is 7.31. The first-order valence-electron chi connectivity index (χ1n) is 8.79. The zero-order valence-electron chi connectivity index (χ0n) is 14.1. The summed E-state index contributed by atoms with van der Waals surface area (Å²) in [7, 11) is 0. The molecule has 2 aliphatic rings. The van der Waals surface area contributed by atoms with E-state index in [1.165, 1.54) is 51.9 Å². The smallest absolute Gasteiger partial charge is 0.0235 e. The van der Waals surface area contributed by atoms with Gasteiger partial charge in [-0.2, -0.15) is 0 Å². The highest BCUT2D eigenvalue weighted by atomic mass is 15.3. The number of rotatable bonds is 6. The Balaban J connectivity index is 1.76. The van der Waals surface area contributed by atoms with Crippen LogP contribution in [-0.2, 0) is 0 Å². The first-order valence-corrected chi connectivity index (χ1v) is 8.79. The lowest BCUT2D eigenvalue weighted by molar-refractivity contribution is 0.141. The summed E-state index contributed by atoms with van der Waals surface area (Å²) in [5.41, 5.74) is 0. The van der Waals surface area contributed by atoms with Crippen LogP contribution in [0.2, 0.25) is 0 Å². The van der Waals surface area contributed by atoms with Gasteiger partial charge in [0.25, 0.3) is 0 Å². The Morgan fingerprint density at radius 1 is 1.00 bits per heavy atom. The van der Waals surface area contributed by atoms with Crippen molar-refractivity contribution in [1.82, 2.24) is 15.1 Å². The highest BCUT2D eigenvalue weighted by Gasteiger charge is 2.32. The van der Waals surface area contributed by atoms with Crippen LogP contribution in [0.3, 0.4) is 0 Å². The van der Waals surface area contributed by atoms with Gasteiger partial charge in [-0.25, -0.2) is 0 Å². The standard InChI is InChI=1S/C17H35N3/c1-14(2)18-12-15(3)16(4)20-11-8-17(13-20)19-9-6-5-7-10-19/h14-18H,5-13H2,1-4H3. The molecule has 0 bridgehead atoms. The van der Waals surface area contributed by atoms with Gasteiger partial charge in [0, 0.05) is 31.2 Å². The molecule has 1 N–H and O–H groups in total. The third-order valence-corrected chi connectivity index (χ3v) is 5.35. The number of piperidine rings is 1. The fourth-order valence-electron chi connectivity index (χ4n) is 3.67. The van der Waals surface area contributed by atoms with Gasteiger partial charge in [-0.1, -0.05) is 27.2 Å². The lowest BCUT2D eigenvalue weighted by atomic mass is 10.0. The van der Waals surface area contributed by atoms with E-state index < -0.39 is 0 Å². The average molecular weight is 281 g/mol. The van der Waals surface area contributed by atoms with Crippen LogP contribution in [0.15, 0.2) is 0 Å². The lowest BCUT2D eigenvalue weighted by Crippen LogP contribution is -2.44. The summed E-state index contributed by atoms with van der Waals surface area (Å²) < 4.78 is 0. The maximum atomic E-state index is 3.59. The quantitative estimate of drug-likeness (QED) is 0.807. The molecule has 0 spiro atoms. The van der Waals surface area contributed by atoms with Crippen molar-refractivity contribution in [2.45, 2.75) is 71.5 Å². The van der Waals surface area contributed by atoms with Crippen molar-refractivity contribution in [2.75, 3.05) is 32.7 Å². The molecule has 2 rings (SSSR count). The third-order valence-electron chi connectivity index (χ3n) is 5.35. The van der Waals surface area contributed by atoms with E-state index in [0.29, 0.717) is 12.1 Å². The number of likely N-dealkylation sites (tertiary alicyclic amines) is 2. The van der Waals surface area contributed by atoms with Gasteiger partial charge in [-0.3, -0.25) is 9.80 Å². The summed E-state index contributed by atoms with van der Waals surface area (Å²) in [6, 6.07) is 2.14. The molecule has 0 aromatic rings. The molecule has 20 heavy (non-hydrogen) atoms. The van der Waals surface area contributed by atoms with Crippen molar-refractivity contribution >= 4 is 0 Å². The molecule has 118 valence electrons. The summed E-state index contributed by atoms with van der Waals surface area (Å²) in [5.74, 6) is 0.734. The van der Waals surface area contributed by atoms with Crippen LogP contribution in [0.1, 0.15) is 53.4 Å². The third kappa shape index (κ3) is 4.44. The molecular formula is C17H35N3. The van der Waals surface area contributed by atoms with E-state index in [4.69, 9.17) is 0 Å². The molecule has 2 fully saturated rings. The summed E-state index contributed by atoms with van der Waals surface area (Å²) >= 11 is 0. The van der Waals surface area contributed by atoms with E-state index in [2.05, 4.69) is 42.8 Å². The average Bonchev–Trinajstić information content (AvgIpc) is 2.94. The highest BCUT2D eigenvalue weighted by molar-refractivity contribution is 4.88. The van der Waals surface area contributed by atoms with Gasteiger partial charge in [0.1, 0.15) is 0 Å². The van der Waals surface area contributed by atoms with Gasteiger partial charge in [0.15, 0.2) is 0 Å². The van der Waals surface area contributed by atoms with Crippen LogP contribution in [0.25, 0.3) is 0 Å². The van der Waals surface area contributed by atoms with Crippen molar-refractivity contribution < 1.29 is 0 Å². The zero-order valence-corrected chi connectivity index (χ0v) is 14.1. The van der Waals surface area contributed by atoms with Gasteiger partial charge in [-0.15, -0.1) is 0 Å². The number of hydrogen-bond acceptors (Lipinski definition) is 3. The van der Waals surface area contributed by atoms with Crippen LogP contribution in [0.5, 0.6) is 0 Å². The molecule has 0 radical (unpaired) electrons. The Hall–Kier alpha value is -0.120. The number of hydrogen-bond donors (Lipinski definition) is 1. The Labute approximate surface area is 126 Å². The Morgan fingerprint density at radius 3 is 2.35 bits per heavy atom. The Kier molecular flexibility index (Phi) is 6.31. The van der Waals surface area contributed by atoms with Crippen molar-refractivity contribution in [1.29, 1.82) is 0 Å². The number of nitrogens with zero attached hydrogens (tertiary/aromatic N) is 2. The number of nitrogens with one attached hydrogen (secondary N) is 1. The van der Waals surface area contributed by atoms with E-state index in [1.807, 2.05) is 0 Å². The molecule has 3 nitrogen and oxygen atoms in total. The maximum absolute atomic E-state index is 3.59. The minimum Gasteiger partial charge on any atom is -0.314 e. The summed E-state index contributed by atoms with van der Waals surface area (Å²) in [4.78, 5) is 5.49. The van der Waals surface area contributed by atoms with Crippen LogP contribution >= 0.6 is 0 Å². The second-order valence-corrected chi connectivity index (χ2v) is 7.31. The summed E-state index contributed by atoms with van der Waals surface area (Å²) in [6.45, 7) is 15.7. The summed E-state index contributed by atoms with van der Waals surface area (Å²) in [6.07, 6.45) is 5.66. The first kappa shape index (κ1) is 16.3. The molecule has 3 atom stereocenters. The minimum atomic E-state index is 0.601. The zero-order chi connectivity index (χ0) is 14.5. The molecule has 3 heteroatoms. The molecule has 0 saturated carbocycles. The van der Waals surface area contributed by atoms with Gasteiger partial charge in [0.05, 0.1) is 0 Å². The summed E-state index contributed by atoms with van der Waals surface area (Å²) in [5, 5.41) is 3.59. The van der Waals surface area contributed by atoms with E-state index >= 15 is 0 Å². The van der Waals surface area contributed by atoms with Gasteiger partial charge in [-0.05, 0) is 51.7 Å². The van der Waals surface area contributed by atoms with E-state index in [0.717, 1.165) is 18.5 Å². The van der Waals surface area contributed by atoms with Crippen molar-refractivity contribution in [2.24, 2.45) is 5.92 Å². The molecular weight excluding hydrogens is 246 g/mol. The maximum Gasteiger partial charge on any atom is 0.0235 e. The van der Waals surface area contributed by atoms with Gasteiger partial charge < -0.3 is 5.32 Å².